The molecule has 0 saturated heterocycles. The zero-order valence-corrected chi connectivity index (χ0v) is 8.30. The minimum absolute atomic E-state index is 0.232. The number of hydrogen-bond acceptors (Lipinski definition) is 3. The van der Waals surface area contributed by atoms with E-state index in [1.165, 1.54) is 24.1 Å². The molecule has 0 aromatic carbocycles. The minimum Gasteiger partial charge on any atom is -0.396 e. The Hall–Kier alpha value is -1.10. The monoisotopic (exact) mass is 221 g/mol. The Morgan fingerprint density at radius 3 is 2.79 bits per heavy atom. The highest BCUT2D eigenvalue weighted by atomic mass is 35.5. The number of nitrogens with two attached hydrogens (primary N) is 1. The van der Waals surface area contributed by atoms with E-state index in [2.05, 4.69) is 4.98 Å². The molecule has 0 aliphatic carbocycles. The summed E-state index contributed by atoms with van der Waals surface area (Å²) in [5.41, 5.74) is 5.89. The molecule has 78 valence electrons. The molecule has 1 aromatic rings. The summed E-state index contributed by atoms with van der Waals surface area (Å²) in [4.78, 5) is 5.13. The second-order valence-electron chi connectivity index (χ2n) is 2.82. The minimum atomic E-state index is -2.43. The van der Waals surface area contributed by atoms with E-state index in [0.29, 0.717) is 5.69 Å². The maximum absolute atomic E-state index is 12.1. The molecule has 1 heterocycles. The average Bonchev–Trinajstić information content (AvgIpc) is 2.08. The normalized spacial score (nSPS) is 10.6. The van der Waals surface area contributed by atoms with E-state index in [1.54, 1.807) is 0 Å². The summed E-state index contributed by atoms with van der Waals surface area (Å²) in [6.45, 7) is -0.419. The SMILES string of the molecule is CN(CC(F)F)c1nc(Cl)ccc1N. The molecular weight excluding hydrogens is 212 g/mol. The molecule has 0 radical (unpaired) electrons. The third-order valence-electron chi connectivity index (χ3n) is 1.64. The smallest absolute Gasteiger partial charge is 0.255 e. The van der Waals surface area contributed by atoms with Gasteiger partial charge in [0, 0.05) is 7.05 Å². The van der Waals surface area contributed by atoms with Gasteiger partial charge in [-0.05, 0) is 12.1 Å². The van der Waals surface area contributed by atoms with Gasteiger partial charge in [0.2, 0.25) is 0 Å². The molecule has 0 atom stereocenters. The predicted octanol–water partition coefficient (Wildman–Crippen LogP) is 2.02. The van der Waals surface area contributed by atoms with Crippen LogP contribution in [0.15, 0.2) is 12.1 Å². The highest BCUT2D eigenvalue weighted by molar-refractivity contribution is 6.29. The number of anilines is 2. The first kappa shape index (κ1) is 11.0. The molecule has 0 aliphatic rings. The number of nitrogen functional groups attached to an aromatic ring is 1. The lowest BCUT2D eigenvalue weighted by atomic mass is 10.3. The van der Waals surface area contributed by atoms with Crippen molar-refractivity contribution in [1.29, 1.82) is 0 Å². The molecule has 3 nitrogen and oxygen atoms in total. The van der Waals surface area contributed by atoms with E-state index in [9.17, 15) is 8.78 Å². The highest BCUT2D eigenvalue weighted by Crippen LogP contribution is 2.22. The van der Waals surface area contributed by atoms with Gasteiger partial charge in [-0.15, -0.1) is 0 Å². The standard InChI is InChI=1S/C8H10ClF2N3/c1-14(4-7(10)11)8-5(12)2-3-6(9)13-8/h2-3,7H,4,12H2,1H3. The molecule has 0 fully saturated rings. The maximum atomic E-state index is 12.1. The molecule has 2 N–H and O–H groups in total. The molecule has 14 heavy (non-hydrogen) atoms. The van der Waals surface area contributed by atoms with Gasteiger partial charge in [-0.25, -0.2) is 13.8 Å². The van der Waals surface area contributed by atoms with E-state index in [1.807, 2.05) is 0 Å². The summed E-state index contributed by atoms with van der Waals surface area (Å²) >= 11 is 5.62. The van der Waals surface area contributed by atoms with Gasteiger partial charge >= 0.3 is 0 Å². The van der Waals surface area contributed by atoms with Gasteiger partial charge in [-0.2, -0.15) is 0 Å². The molecule has 0 aliphatic heterocycles. The second-order valence-corrected chi connectivity index (χ2v) is 3.21. The number of halogens is 3. The van der Waals surface area contributed by atoms with Crippen molar-refractivity contribution in [3.63, 3.8) is 0 Å². The van der Waals surface area contributed by atoms with Gasteiger partial charge < -0.3 is 10.6 Å². The Morgan fingerprint density at radius 1 is 1.57 bits per heavy atom. The Morgan fingerprint density at radius 2 is 2.21 bits per heavy atom. The maximum Gasteiger partial charge on any atom is 0.255 e. The predicted molar refractivity (Wildman–Crippen MR) is 52.9 cm³/mol. The largest absolute Gasteiger partial charge is 0.396 e. The van der Waals surface area contributed by atoms with Crippen LogP contribution < -0.4 is 10.6 Å². The molecule has 0 amide bonds. The lowest BCUT2D eigenvalue weighted by Crippen LogP contribution is -2.25. The lowest BCUT2D eigenvalue weighted by molar-refractivity contribution is 0.156. The number of rotatable bonds is 3. The molecule has 0 unspecified atom stereocenters. The summed E-state index contributed by atoms with van der Waals surface area (Å²) in [7, 11) is 1.49. The van der Waals surface area contributed by atoms with Crippen LogP contribution in [0.25, 0.3) is 0 Å². The van der Waals surface area contributed by atoms with Crippen molar-refractivity contribution in [3.05, 3.63) is 17.3 Å². The first-order valence-corrected chi connectivity index (χ1v) is 4.30. The van der Waals surface area contributed by atoms with Crippen LogP contribution in [-0.4, -0.2) is 25.0 Å². The number of aromatic nitrogens is 1. The van der Waals surface area contributed by atoms with E-state index in [4.69, 9.17) is 17.3 Å². The van der Waals surface area contributed by atoms with Gasteiger partial charge in [0.05, 0.1) is 12.2 Å². The molecule has 0 spiro atoms. The van der Waals surface area contributed by atoms with Crippen molar-refractivity contribution in [1.82, 2.24) is 4.98 Å². The van der Waals surface area contributed by atoms with Crippen molar-refractivity contribution in [2.24, 2.45) is 0 Å². The van der Waals surface area contributed by atoms with Crippen LogP contribution in [0.1, 0.15) is 0 Å². The van der Waals surface area contributed by atoms with Crippen molar-refractivity contribution >= 4 is 23.1 Å². The molecule has 6 heteroatoms. The first-order chi connectivity index (χ1) is 6.50. The van der Waals surface area contributed by atoms with Crippen LogP contribution in [-0.2, 0) is 0 Å². The molecule has 0 saturated carbocycles. The van der Waals surface area contributed by atoms with Gasteiger partial charge in [0.25, 0.3) is 6.43 Å². The zero-order valence-electron chi connectivity index (χ0n) is 7.54. The summed E-state index contributed by atoms with van der Waals surface area (Å²) in [6, 6.07) is 3.04. The van der Waals surface area contributed by atoms with Gasteiger partial charge in [-0.1, -0.05) is 11.6 Å². The topological polar surface area (TPSA) is 42.2 Å². The Labute approximate surface area is 85.5 Å². The summed E-state index contributed by atoms with van der Waals surface area (Å²) in [5.74, 6) is 0.276. The summed E-state index contributed by atoms with van der Waals surface area (Å²) < 4.78 is 24.1. The summed E-state index contributed by atoms with van der Waals surface area (Å²) in [6.07, 6.45) is -2.43. The molecule has 1 aromatic heterocycles. The fraction of sp³-hybridized carbons (Fsp3) is 0.375. The van der Waals surface area contributed by atoms with Crippen molar-refractivity contribution < 1.29 is 8.78 Å². The third kappa shape index (κ3) is 2.70. The third-order valence-corrected chi connectivity index (χ3v) is 1.86. The highest BCUT2D eigenvalue weighted by Gasteiger charge is 2.12. The summed E-state index contributed by atoms with van der Waals surface area (Å²) in [5, 5.41) is 0.232. The Kier molecular flexibility index (Phi) is 3.46. The van der Waals surface area contributed by atoms with Crippen LogP contribution in [0.3, 0.4) is 0 Å². The van der Waals surface area contributed by atoms with E-state index >= 15 is 0 Å². The molecular formula is C8H10ClF2N3. The fourth-order valence-electron chi connectivity index (χ4n) is 1.04. The number of pyridine rings is 1. The van der Waals surface area contributed by atoms with Crippen molar-refractivity contribution in [2.45, 2.75) is 6.43 Å². The quantitative estimate of drug-likeness (QED) is 0.794. The van der Waals surface area contributed by atoms with Gasteiger partial charge in [-0.3, -0.25) is 0 Å². The molecule has 0 bridgehead atoms. The lowest BCUT2D eigenvalue weighted by Gasteiger charge is -2.19. The van der Waals surface area contributed by atoms with Crippen LogP contribution >= 0.6 is 11.6 Å². The number of alkyl halides is 2. The number of nitrogens with zero attached hydrogens (tertiary/aromatic N) is 2. The van der Waals surface area contributed by atoms with Crippen LogP contribution in [0, 0.1) is 0 Å². The average molecular weight is 222 g/mol. The van der Waals surface area contributed by atoms with Gasteiger partial charge in [0.1, 0.15) is 5.15 Å². The molecule has 1 rings (SSSR count). The van der Waals surface area contributed by atoms with E-state index < -0.39 is 13.0 Å². The first-order valence-electron chi connectivity index (χ1n) is 3.92. The van der Waals surface area contributed by atoms with Gasteiger partial charge in [0.15, 0.2) is 5.82 Å². The second kappa shape index (κ2) is 4.41. The zero-order chi connectivity index (χ0) is 10.7. The van der Waals surface area contributed by atoms with Crippen LogP contribution in [0.4, 0.5) is 20.3 Å². The number of hydrogen-bond donors (Lipinski definition) is 1. The van der Waals surface area contributed by atoms with Crippen LogP contribution in [0.5, 0.6) is 0 Å². The van der Waals surface area contributed by atoms with E-state index in [-0.39, 0.29) is 11.0 Å². The van der Waals surface area contributed by atoms with Crippen LogP contribution in [0.2, 0.25) is 5.15 Å². The van der Waals surface area contributed by atoms with Crippen molar-refractivity contribution in [2.75, 3.05) is 24.2 Å². The van der Waals surface area contributed by atoms with E-state index in [0.717, 1.165) is 0 Å². The Bertz CT molecular complexity index is 319. The Balaban J connectivity index is 2.88. The van der Waals surface area contributed by atoms with Crippen molar-refractivity contribution in [3.8, 4) is 0 Å². The fourth-order valence-corrected chi connectivity index (χ4v) is 1.18.